The minimum absolute atomic E-state index is 0.0199. The van der Waals surface area contributed by atoms with E-state index in [2.05, 4.69) is 10.3 Å². The highest BCUT2D eigenvalue weighted by atomic mass is 35.5. The SMILES string of the molecule is CC1(C)C(C=C(Cl)Cl)C1C(=O)NCc1ccccn1. The standard InChI is InChI=1S/C14H16Cl2N2O/c1-14(2)10(7-11(15)16)12(14)13(19)18-8-9-5-3-4-6-17-9/h3-7,10,12H,8H2,1-2H3,(H,18,19). The van der Waals surface area contributed by atoms with Crippen molar-refractivity contribution < 1.29 is 4.79 Å². The van der Waals surface area contributed by atoms with Crippen LogP contribution in [0, 0.1) is 17.3 Å². The molecule has 1 aromatic rings. The van der Waals surface area contributed by atoms with Gasteiger partial charge in [0.1, 0.15) is 4.49 Å². The number of carbonyl (C=O) groups excluding carboxylic acids is 1. The third-order valence-electron chi connectivity index (χ3n) is 3.67. The Kier molecular flexibility index (Phi) is 4.16. The zero-order chi connectivity index (χ0) is 14.0. The molecule has 19 heavy (non-hydrogen) atoms. The normalized spacial score (nSPS) is 23.6. The molecular formula is C14H16Cl2N2O. The molecule has 0 saturated heterocycles. The van der Waals surface area contributed by atoms with Gasteiger partial charge in [-0.2, -0.15) is 0 Å². The van der Waals surface area contributed by atoms with Gasteiger partial charge in [0, 0.05) is 6.20 Å². The Morgan fingerprint density at radius 2 is 2.21 bits per heavy atom. The number of carbonyl (C=O) groups is 1. The van der Waals surface area contributed by atoms with Crippen LogP contribution in [0.4, 0.5) is 0 Å². The Hall–Kier alpha value is -1.06. The third-order valence-corrected chi connectivity index (χ3v) is 3.92. The van der Waals surface area contributed by atoms with E-state index in [1.165, 1.54) is 0 Å². The van der Waals surface area contributed by atoms with E-state index in [1.807, 2.05) is 32.0 Å². The molecule has 5 heteroatoms. The first-order valence-corrected chi connectivity index (χ1v) is 6.89. The molecule has 1 aliphatic rings. The van der Waals surface area contributed by atoms with E-state index < -0.39 is 0 Å². The van der Waals surface area contributed by atoms with E-state index in [4.69, 9.17) is 23.2 Å². The second kappa shape index (κ2) is 5.51. The number of amides is 1. The number of rotatable bonds is 4. The number of nitrogens with zero attached hydrogens (tertiary/aromatic N) is 1. The Morgan fingerprint density at radius 1 is 1.47 bits per heavy atom. The first-order valence-electron chi connectivity index (χ1n) is 6.13. The van der Waals surface area contributed by atoms with Crippen LogP contribution in [0.2, 0.25) is 0 Å². The summed E-state index contributed by atoms with van der Waals surface area (Å²) in [5.41, 5.74) is 0.750. The second-order valence-corrected chi connectivity index (χ2v) is 6.33. The second-order valence-electron chi connectivity index (χ2n) is 5.32. The maximum absolute atomic E-state index is 12.1. The van der Waals surface area contributed by atoms with Crippen molar-refractivity contribution in [2.45, 2.75) is 20.4 Å². The molecule has 0 bridgehead atoms. The lowest BCUT2D eigenvalue weighted by Crippen LogP contribution is -2.26. The lowest BCUT2D eigenvalue weighted by atomic mass is 10.1. The molecule has 1 aromatic heterocycles. The quantitative estimate of drug-likeness (QED) is 0.927. The average Bonchev–Trinajstić information content (AvgIpc) is 2.88. The molecule has 1 fully saturated rings. The molecule has 0 aliphatic heterocycles. The minimum Gasteiger partial charge on any atom is -0.350 e. The van der Waals surface area contributed by atoms with Crippen LogP contribution in [0.5, 0.6) is 0 Å². The summed E-state index contributed by atoms with van der Waals surface area (Å²) in [5, 5.41) is 2.90. The zero-order valence-corrected chi connectivity index (χ0v) is 12.4. The predicted molar refractivity (Wildman–Crippen MR) is 76.6 cm³/mol. The van der Waals surface area contributed by atoms with Crippen molar-refractivity contribution >= 4 is 29.1 Å². The topological polar surface area (TPSA) is 42.0 Å². The summed E-state index contributed by atoms with van der Waals surface area (Å²) in [5.74, 6) is 0.0384. The highest BCUT2D eigenvalue weighted by molar-refractivity contribution is 6.55. The average molecular weight is 299 g/mol. The maximum Gasteiger partial charge on any atom is 0.224 e. The molecule has 2 rings (SSSR count). The molecule has 0 radical (unpaired) electrons. The Bertz CT molecular complexity index is 495. The summed E-state index contributed by atoms with van der Waals surface area (Å²) >= 11 is 11.3. The van der Waals surface area contributed by atoms with Gasteiger partial charge in [-0.25, -0.2) is 0 Å². The van der Waals surface area contributed by atoms with E-state index in [1.54, 1.807) is 12.3 Å². The summed E-state index contributed by atoms with van der Waals surface area (Å²) < 4.78 is 0.220. The number of nitrogens with one attached hydrogen (secondary N) is 1. The number of aromatic nitrogens is 1. The number of allylic oxidation sites excluding steroid dienone is 1. The van der Waals surface area contributed by atoms with Crippen molar-refractivity contribution in [3.05, 3.63) is 40.7 Å². The van der Waals surface area contributed by atoms with E-state index in [0.717, 1.165) is 5.69 Å². The lowest BCUT2D eigenvalue weighted by Gasteiger charge is -2.05. The molecule has 1 N–H and O–H groups in total. The van der Waals surface area contributed by atoms with Gasteiger partial charge in [0.05, 0.1) is 18.2 Å². The fourth-order valence-electron chi connectivity index (χ4n) is 2.42. The predicted octanol–water partition coefficient (Wildman–Crippen LogP) is 3.29. The van der Waals surface area contributed by atoms with Gasteiger partial charge < -0.3 is 5.32 Å². The van der Waals surface area contributed by atoms with Crippen LogP contribution in [0.1, 0.15) is 19.5 Å². The van der Waals surface area contributed by atoms with Crippen molar-refractivity contribution in [3.63, 3.8) is 0 Å². The fraction of sp³-hybridized carbons (Fsp3) is 0.429. The van der Waals surface area contributed by atoms with Crippen molar-refractivity contribution in [1.29, 1.82) is 0 Å². The van der Waals surface area contributed by atoms with E-state index in [9.17, 15) is 4.79 Å². The van der Waals surface area contributed by atoms with Gasteiger partial charge in [-0.05, 0) is 29.5 Å². The molecule has 2 unspecified atom stereocenters. The summed E-state index contributed by atoms with van der Waals surface area (Å²) in [6, 6.07) is 5.62. The molecule has 0 spiro atoms. The van der Waals surface area contributed by atoms with E-state index >= 15 is 0 Å². The number of halogens is 2. The monoisotopic (exact) mass is 298 g/mol. The van der Waals surface area contributed by atoms with Crippen LogP contribution in [0.3, 0.4) is 0 Å². The molecular weight excluding hydrogens is 283 g/mol. The zero-order valence-electron chi connectivity index (χ0n) is 10.9. The molecule has 3 nitrogen and oxygen atoms in total. The van der Waals surface area contributed by atoms with Crippen LogP contribution >= 0.6 is 23.2 Å². The van der Waals surface area contributed by atoms with Crippen LogP contribution in [-0.4, -0.2) is 10.9 Å². The minimum atomic E-state index is -0.0940. The van der Waals surface area contributed by atoms with Gasteiger partial charge in [-0.1, -0.05) is 43.1 Å². The molecule has 1 amide bonds. The summed E-state index contributed by atoms with van der Waals surface area (Å²) in [4.78, 5) is 16.3. The van der Waals surface area contributed by atoms with E-state index in [-0.39, 0.29) is 27.6 Å². The third kappa shape index (κ3) is 3.28. The molecule has 2 atom stereocenters. The van der Waals surface area contributed by atoms with Crippen LogP contribution < -0.4 is 5.32 Å². The summed E-state index contributed by atoms with van der Waals surface area (Å²) in [7, 11) is 0. The summed E-state index contributed by atoms with van der Waals surface area (Å²) in [6.07, 6.45) is 3.45. The molecule has 1 aliphatic carbocycles. The van der Waals surface area contributed by atoms with Gasteiger partial charge in [-0.3, -0.25) is 9.78 Å². The van der Waals surface area contributed by atoms with Crippen LogP contribution in [0.15, 0.2) is 35.0 Å². The van der Waals surface area contributed by atoms with Crippen molar-refractivity contribution in [2.75, 3.05) is 0 Å². The Balaban J connectivity index is 1.93. The first-order chi connectivity index (χ1) is 8.93. The van der Waals surface area contributed by atoms with Crippen molar-refractivity contribution in [2.24, 2.45) is 17.3 Å². The molecule has 1 saturated carbocycles. The summed E-state index contributed by atoms with van der Waals surface area (Å²) in [6.45, 7) is 4.52. The highest BCUT2D eigenvalue weighted by Crippen LogP contribution is 2.59. The van der Waals surface area contributed by atoms with Crippen molar-refractivity contribution in [1.82, 2.24) is 10.3 Å². The number of pyridine rings is 1. The Morgan fingerprint density at radius 3 is 2.79 bits per heavy atom. The molecule has 102 valence electrons. The van der Waals surface area contributed by atoms with Gasteiger partial charge >= 0.3 is 0 Å². The van der Waals surface area contributed by atoms with Gasteiger partial charge in [0.2, 0.25) is 5.91 Å². The van der Waals surface area contributed by atoms with E-state index in [0.29, 0.717) is 6.54 Å². The van der Waals surface area contributed by atoms with Gasteiger partial charge in [0.15, 0.2) is 0 Å². The van der Waals surface area contributed by atoms with Crippen molar-refractivity contribution in [3.8, 4) is 0 Å². The molecule has 1 heterocycles. The smallest absolute Gasteiger partial charge is 0.224 e. The Labute approximate surface area is 123 Å². The van der Waals surface area contributed by atoms with Gasteiger partial charge in [0.25, 0.3) is 0 Å². The van der Waals surface area contributed by atoms with Crippen LogP contribution in [-0.2, 0) is 11.3 Å². The number of hydrogen-bond acceptors (Lipinski definition) is 2. The first kappa shape index (κ1) is 14.4. The highest BCUT2D eigenvalue weighted by Gasteiger charge is 2.60. The molecule has 0 aromatic carbocycles. The van der Waals surface area contributed by atoms with Crippen LogP contribution in [0.25, 0.3) is 0 Å². The number of hydrogen-bond donors (Lipinski definition) is 1. The maximum atomic E-state index is 12.1. The lowest BCUT2D eigenvalue weighted by molar-refractivity contribution is -0.123. The largest absolute Gasteiger partial charge is 0.350 e. The fourth-order valence-corrected chi connectivity index (χ4v) is 2.69. The van der Waals surface area contributed by atoms with Gasteiger partial charge in [-0.15, -0.1) is 0 Å².